The molecule has 1 aromatic rings. The van der Waals surface area contributed by atoms with Crippen molar-refractivity contribution in [1.82, 2.24) is 4.90 Å². The zero-order valence-corrected chi connectivity index (χ0v) is 15.1. The molecule has 0 radical (unpaired) electrons. The van der Waals surface area contributed by atoms with Gasteiger partial charge < -0.3 is 19.8 Å². The molecule has 0 aromatic heterocycles. The zero-order chi connectivity index (χ0) is 18.0. The Bertz CT molecular complexity index is 587. The molecule has 2 N–H and O–H groups in total. The minimum atomic E-state index is -0.657. The maximum Gasteiger partial charge on any atom is 0.260 e. The lowest BCUT2D eigenvalue weighted by Gasteiger charge is -2.31. The molecule has 5 heteroatoms. The van der Waals surface area contributed by atoms with Crippen LogP contribution in [-0.4, -0.2) is 52.9 Å². The van der Waals surface area contributed by atoms with E-state index in [0.717, 1.165) is 17.7 Å². The molecule has 5 nitrogen and oxygen atoms in total. The largest absolute Gasteiger partial charge is 0.483 e. The van der Waals surface area contributed by atoms with Gasteiger partial charge in [0, 0.05) is 13.1 Å². The summed E-state index contributed by atoms with van der Waals surface area (Å²) in [5.41, 5.74) is 1.14. The minimum Gasteiger partial charge on any atom is -0.483 e. The van der Waals surface area contributed by atoms with Gasteiger partial charge in [0.05, 0.1) is 12.2 Å². The molecule has 1 saturated heterocycles. The molecule has 1 heterocycles. The maximum absolute atomic E-state index is 12.6. The Morgan fingerprint density at radius 2 is 1.80 bits per heavy atom. The molecule has 5 atom stereocenters. The fourth-order valence-electron chi connectivity index (χ4n) is 4.08. The number of hydrogen-bond acceptors (Lipinski definition) is 4. The van der Waals surface area contributed by atoms with Crippen LogP contribution in [0.1, 0.15) is 44.6 Å². The van der Waals surface area contributed by atoms with Gasteiger partial charge in [-0.25, -0.2) is 0 Å². The number of likely N-dealkylation sites (tertiary alicyclic amines) is 1. The van der Waals surface area contributed by atoms with Crippen LogP contribution in [0.15, 0.2) is 24.3 Å². The molecule has 2 aliphatic rings. The van der Waals surface area contributed by atoms with E-state index in [4.69, 9.17) is 4.74 Å². The first-order valence-corrected chi connectivity index (χ1v) is 9.35. The highest BCUT2D eigenvalue weighted by Crippen LogP contribution is 2.36. The van der Waals surface area contributed by atoms with Crippen LogP contribution in [0.3, 0.4) is 0 Å². The fraction of sp³-hybridized carbons (Fsp3) is 0.650. The lowest BCUT2D eigenvalue weighted by molar-refractivity contribution is -0.132. The highest BCUT2D eigenvalue weighted by atomic mass is 16.5. The van der Waals surface area contributed by atoms with Gasteiger partial charge in [-0.2, -0.15) is 0 Å². The summed E-state index contributed by atoms with van der Waals surface area (Å²) in [5, 5.41) is 19.7. The predicted octanol–water partition coefficient (Wildman–Crippen LogP) is 2.17. The smallest absolute Gasteiger partial charge is 0.260 e. The average Bonchev–Trinajstić information content (AvgIpc) is 3.02. The van der Waals surface area contributed by atoms with Crippen LogP contribution < -0.4 is 4.74 Å². The number of carbonyl (C=O) groups is 1. The van der Waals surface area contributed by atoms with Crippen molar-refractivity contribution in [1.29, 1.82) is 0 Å². The third-order valence-corrected chi connectivity index (χ3v) is 5.88. The second-order valence-electron chi connectivity index (χ2n) is 7.56. The second kappa shape index (κ2) is 7.75. The van der Waals surface area contributed by atoms with Gasteiger partial charge in [0.2, 0.25) is 0 Å². The first-order chi connectivity index (χ1) is 12.0. The third kappa shape index (κ3) is 3.98. The van der Waals surface area contributed by atoms with Gasteiger partial charge in [0.15, 0.2) is 6.61 Å². The molecule has 1 aromatic carbocycles. The number of carbonyl (C=O) groups excluding carboxylic acids is 1. The van der Waals surface area contributed by atoms with Crippen LogP contribution in [0.2, 0.25) is 0 Å². The van der Waals surface area contributed by atoms with Crippen molar-refractivity contribution < 1.29 is 19.7 Å². The van der Waals surface area contributed by atoms with Crippen molar-refractivity contribution in [3.05, 3.63) is 29.8 Å². The molecular weight excluding hydrogens is 318 g/mol. The Balaban J connectivity index is 1.57. The molecule has 0 spiro atoms. The predicted molar refractivity (Wildman–Crippen MR) is 95.5 cm³/mol. The van der Waals surface area contributed by atoms with E-state index in [1.54, 1.807) is 0 Å². The van der Waals surface area contributed by atoms with E-state index in [1.165, 1.54) is 0 Å². The molecule has 0 unspecified atom stereocenters. The summed E-state index contributed by atoms with van der Waals surface area (Å²) in [6.45, 7) is 5.65. The number of fused-ring (bicyclic) bond motifs is 1. The number of para-hydroxylation sites is 1. The van der Waals surface area contributed by atoms with Crippen LogP contribution >= 0.6 is 0 Å². The van der Waals surface area contributed by atoms with Crippen molar-refractivity contribution in [3.63, 3.8) is 0 Å². The molecular formula is C20H29NO4. The van der Waals surface area contributed by atoms with Gasteiger partial charge in [0.25, 0.3) is 5.91 Å². The van der Waals surface area contributed by atoms with Crippen molar-refractivity contribution in [2.75, 3.05) is 19.7 Å². The Hall–Kier alpha value is -1.59. The van der Waals surface area contributed by atoms with Gasteiger partial charge in [-0.15, -0.1) is 0 Å². The Labute approximate surface area is 149 Å². The first kappa shape index (κ1) is 18.2. The van der Waals surface area contributed by atoms with Crippen molar-refractivity contribution >= 4 is 5.91 Å². The van der Waals surface area contributed by atoms with E-state index >= 15 is 0 Å². The van der Waals surface area contributed by atoms with Gasteiger partial charge in [-0.1, -0.05) is 32.0 Å². The van der Waals surface area contributed by atoms with Crippen molar-refractivity contribution in [2.45, 2.75) is 51.2 Å². The van der Waals surface area contributed by atoms with Crippen molar-refractivity contribution in [2.24, 2.45) is 11.8 Å². The summed E-state index contributed by atoms with van der Waals surface area (Å²) in [5.74, 6) is 1.73. The lowest BCUT2D eigenvalue weighted by Crippen LogP contribution is -2.38. The lowest BCUT2D eigenvalue weighted by atomic mass is 9.79. The highest BCUT2D eigenvalue weighted by molar-refractivity contribution is 5.78. The fourth-order valence-corrected chi connectivity index (χ4v) is 4.08. The number of nitrogens with zero attached hydrogens (tertiary/aromatic N) is 1. The summed E-state index contributed by atoms with van der Waals surface area (Å²) < 4.78 is 5.84. The van der Waals surface area contributed by atoms with Crippen LogP contribution in [0.5, 0.6) is 5.75 Å². The molecule has 2 fully saturated rings. The molecule has 138 valence electrons. The summed E-state index contributed by atoms with van der Waals surface area (Å²) in [4.78, 5) is 14.4. The number of aliphatic hydroxyl groups excluding tert-OH is 2. The van der Waals surface area contributed by atoms with E-state index in [0.29, 0.717) is 31.8 Å². The molecule has 1 aliphatic heterocycles. The van der Waals surface area contributed by atoms with E-state index < -0.39 is 12.2 Å². The SMILES string of the molecule is CC[C@@H](C)c1ccccc1OCC(=O)N1C[C@H]2C[C@H](O)[C@H](O)C[C@H]2C1. The molecule has 1 saturated carbocycles. The van der Waals surface area contributed by atoms with Gasteiger partial charge >= 0.3 is 0 Å². The first-order valence-electron chi connectivity index (χ1n) is 9.35. The maximum atomic E-state index is 12.6. The summed E-state index contributed by atoms with van der Waals surface area (Å²) in [6, 6.07) is 7.91. The topological polar surface area (TPSA) is 70.0 Å². The quantitative estimate of drug-likeness (QED) is 0.856. The summed E-state index contributed by atoms with van der Waals surface area (Å²) >= 11 is 0. The van der Waals surface area contributed by atoms with E-state index in [9.17, 15) is 15.0 Å². The Morgan fingerprint density at radius 1 is 1.20 bits per heavy atom. The van der Waals surface area contributed by atoms with E-state index in [-0.39, 0.29) is 24.3 Å². The van der Waals surface area contributed by atoms with Crippen molar-refractivity contribution in [3.8, 4) is 5.75 Å². The second-order valence-corrected chi connectivity index (χ2v) is 7.56. The summed E-state index contributed by atoms with van der Waals surface area (Å²) in [7, 11) is 0. The van der Waals surface area contributed by atoms with Gasteiger partial charge in [0.1, 0.15) is 5.75 Å². The van der Waals surface area contributed by atoms with Crippen LogP contribution in [0, 0.1) is 11.8 Å². The molecule has 1 aliphatic carbocycles. The van der Waals surface area contributed by atoms with Crippen LogP contribution in [0.4, 0.5) is 0 Å². The normalized spacial score (nSPS) is 30.0. The number of rotatable bonds is 5. The number of aliphatic hydroxyl groups is 2. The van der Waals surface area contributed by atoms with E-state index in [2.05, 4.69) is 19.9 Å². The highest BCUT2D eigenvalue weighted by Gasteiger charge is 2.42. The third-order valence-electron chi connectivity index (χ3n) is 5.88. The number of benzene rings is 1. The molecule has 1 amide bonds. The monoisotopic (exact) mass is 347 g/mol. The molecule has 3 rings (SSSR count). The van der Waals surface area contributed by atoms with Gasteiger partial charge in [-0.3, -0.25) is 4.79 Å². The minimum absolute atomic E-state index is 0.0164. The Morgan fingerprint density at radius 3 is 2.40 bits per heavy atom. The Kier molecular flexibility index (Phi) is 5.64. The number of ether oxygens (including phenoxy) is 1. The summed E-state index contributed by atoms with van der Waals surface area (Å²) in [6.07, 6.45) is 0.861. The van der Waals surface area contributed by atoms with Gasteiger partial charge in [-0.05, 0) is 48.6 Å². The average molecular weight is 347 g/mol. The molecule has 0 bridgehead atoms. The standard InChI is InChI=1S/C20H29NO4/c1-3-13(2)16-6-4-5-7-19(16)25-12-20(24)21-10-14-8-17(22)18(23)9-15(14)11-21/h4-7,13-15,17-18,22-23H,3,8-12H2,1-2H3/t13-,14-,15+,17+,18-/m1/s1. The molecule has 25 heavy (non-hydrogen) atoms. The number of amides is 1. The van der Waals surface area contributed by atoms with Crippen LogP contribution in [-0.2, 0) is 4.79 Å². The number of hydrogen-bond donors (Lipinski definition) is 2. The van der Waals surface area contributed by atoms with E-state index in [1.807, 2.05) is 23.1 Å². The zero-order valence-electron chi connectivity index (χ0n) is 15.1. The van der Waals surface area contributed by atoms with Crippen LogP contribution in [0.25, 0.3) is 0 Å².